The van der Waals surface area contributed by atoms with Crippen molar-refractivity contribution in [3.63, 3.8) is 0 Å². The van der Waals surface area contributed by atoms with E-state index >= 15 is 0 Å². The van der Waals surface area contributed by atoms with Crippen molar-refractivity contribution in [1.29, 1.82) is 0 Å². The number of rotatable bonds is 4. The van der Waals surface area contributed by atoms with Crippen LogP contribution in [0, 0.1) is 0 Å². The van der Waals surface area contributed by atoms with E-state index in [1.807, 2.05) is 5.43 Å². The number of hydrazine groups is 1. The van der Waals surface area contributed by atoms with Crippen LogP contribution in [0.25, 0.3) is 0 Å². The number of benzene rings is 2. The highest BCUT2D eigenvalue weighted by Gasteiger charge is 2.31. The van der Waals surface area contributed by atoms with Crippen LogP contribution in [-0.2, 0) is 16.2 Å². The zero-order chi connectivity index (χ0) is 18.9. The van der Waals surface area contributed by atoms with E-state index in [4.69, 9.17) is 9.47 Å². The first kappa shape index (κ1) is 18.0. The number of fused-ring (bicyclic) bond motifs is 1. The van der Waals surface area contributed by atoms with Gasteiger partial charge in [-0.3, -0.25) is 10.2 Å². The fourth-order valence-electron chi connectivity index (χ4n) is 2.12. The van der Waals surface area contributed by atoms with E-state index < -0.39 is 32.6 Å². The van der Waals surface area contributed by atoms with Gasteiger partial charge in [-0.05, 0) is 36.4 Å². The minimum Gasteiger partial charge on any atom is -0.454 e. The van der Waals surface area contributed by atoms with Crippen molar-refractivity contribution in [1.82, 2.24) is 10.3 Å². The Morgan fingerprint density at radius 1 is 1.04 bits per heavy atom. The van der Waals surface area contributed by atoms with Gasteiger partial charge in [0.05, 0.1) is 10.5 Å². The molecule has 1 aliphatic heterocycles. The molecule has 0 aliphatic carbocycles. The summed E-state index contributed by atoms with van der Waals surface area (Å²) in [5, 5.41) is 0. The number of hydrogen-bond acceptors (Lipinski definition) is 5. The molecule has 7 nitrogen and oxygen atoms in total. The minimum absolute atomic E-state index is 0.00256. The molecule has 0 unspecified atom stereocenters. The molecule has 1 amide bonds. The minimum atomic E-state index is -4.69. The highest BCUT2D eigenvalue weighted by Crippen LogP contribution is 2.32. The molecule has 3 rings (SSSR count). The quantitative estimate of drug-likeness (QED) is 0.782. The summed E-state index contributed by atoms with van der Waals surface area (Å²) in [5.74, 6) is -0.0664. The van der Waals surface area contributed by atoms with E-state index in [-0.39, 0.29) is 12.4 Å². The summed E-state index contributed by atoms with van der Waals surface area (Å²) in [6, 6.07) is 7.33. The van der Waals surface area contributed by atoms with E-state index in [1.165, 1.54) is 18.2 Å². The van der Waals surface area contributed by atoms with Crippen molar-refractivity contribution in [2.45, 2.75) is 11.1 Å². The van der Waals surface area contributed by atoms with Gasteiger partial charge >= 0.3 is 6.18 Å². The van der Waals surface area contributed by atoms with Gasteiger partial charge < -0.3 is 9.47 Å². The lowest BCUT2D eigenvalue weighted by molar-refractivity contribution is -0.137. The number of nitrogens with one attached hydrogen (secondary N) is 2. The lowest BCUT2D eigenvalue weighted by Gasteiger charge is -2.11. The highest BCUT2D eigenvalue weighted by atomic mass is 32.2. The number of amides is 1. The molecule has 0 saturated carbocycles. The first-order chi connectivity index (χ1) is 12.2. The van der Waals surface area contributed by atoms with E-state index in [0.29, 0.717) is 17.6 Å². The normalized spacial score (nSPS) is 13.5. The summed E-state index contributed by atoms with van der Waals surface area (Å²) in [6.07, 6.45) is -4.69. The van der Waals surface area contributed by atoms with Gasteiger partial charge in [-0.2, -0.15) is 13.2 Å². The largest absolute Gasteiger partial charge is 0.454 e. The second kappa shape index (κ2) is 6.50. The Morgan fingerprint density at radius 3 is 2.50 bits per heavy atom. The van der Waals surface area contributed by atoms with Crippen molar-refractivity contribution in [2.75, 3.05) is 6.79 Å². The monoisotopic (exact) mass is 388 g/mol. The maximum absolute atomic E-state index is 12.7. The van der Waals surface area contributed by atoms with E-state index in [9.17, 15) is 26.4 Å². The van der Waals surface area contributed by atoms with E-state index in [2.05, 4.69) is 0 Å². The Morgan fingerprint density at radius 2 is 1.77 bits per heavy atom. The second-order valence-corrected chi connectivity index (χ2v) is 6.84. The Labute approximate surface area is 145 Å². The van der Waals surface area contributed by atoms with Gasteiger partial charge in [0.15, 0.2) is 11.5 Å². The third-order valence-corrected chi connectivity index (χ3v) is 4.65. The van der Waals surface area contributed by atoms with Crippen LogP contribution in [0.5, 0.6) is 11.5 Å². The third-order valence-electron chi connectivity index (χ3n) is 3.41. The number of halogens is 3. The summed E-state index contributed by atoms with van der Waals surface area (Å²) in [7, 11) is -4.40. The lowest BCUT2D eigenvalue weighted by atomic mass is 10.2. The smallest absolute Gasteiger partial charge is 0.416 e. The first-order valence-corrected chi connectivity index (χ1v) is 8.54. The zero-order valence-electron chi connectivity index (χ0n) is 12.8. The lowest BCUT2D eigenvalue weighted by Crippen LogP contribution is -2.41. The van der Waals surface area contributed by atoms with Gasteiger partial charge in [-0.25, -0.2) is 8.42 Å². The molecule has 26 heavy (non-hydrogen) atoms. The maximum Gasteiger partial charge on any atom is 0.416 e. The van der Waals surface area contributed by atoms with Crippen LogP contribution >= 0.6 is 0 Å². The van der Waals surface area contributed by atoms with Crippen LogP contribution < -0.4 is 19.7 Å². The Balaban J connectivity index is 1.73. The predicted octanol–water partition coefficient (Wildman–Crippen LogP) is 2.06. The van der Waals surface area contributed by atoms with Crippen LogP contribution in [-0.4, -0.2) is 21.1 Å². The molecule has 0 bridgehead atoms. The second-order valence-electron chi connectivity index (χ2n) is 5.15. The number of sulfonamides is 1. The van der Waals surface area contributed by atoms with E-state index in [0.717, 1.165) is 18.2 Å². The number of alkyl halides is 3. The molecule has 2 aromatic rings. The molecule has 138 valence electrons. The van der Waals surface area contributed by atoms with Crippen molar-refractivity contribution < 1.29 is 35.9 Å². The summed E-state index contributed by atoms with van der Waals surface area (Å²) in [6.45, 7) is 0.00256. The topological polar surface area (TPSA) is 93.7 Å². The fourth-order valence-corrected chi connectivity index (χ4v) is 3.01. The number of ether oxygens (including phenoxy) is 2. The van der Waals surface area contributed by atoms with Crippen LogP contribution in [0.15, 0.2) is 47.4 Å². The average molecular weight is 388 g/mol. The zero-order valence-corrected chi connectivity index (χ0v) is 13.6. The summed E-state index contributed by atoms with van der Waals surface area (Å²) >= 11 is 0. The number of hydrogen-bond donors (Lipinski definition) is 2. The number of carbonyl (C=O) groups excluding carboxylic acids is 1. The Hall–Kier alpha value is -2.79. The van der Waals surface area contributed by atoms with Gasteiger partial charge in [0.2, 0.25) is 6.79 Å². The van der Waals surface area contributed by atoms with Crippen LogP contribution in [0.1, 0.15) is 15.9 Å². The summed E-state index contributed by atoms with van der Waals surface area (Å²) in [5.41, 5.74) is 0.880. The van der Waals surface area contributed by atoms with Crippen molar-refractivity contribution in [3.05, 3.63) is 53.6 Å². The molecule has 1 heterocycles. The molecule has 0 spiro atoms. The third kappa shape index (κ3) is 3.73. The van der Waals surface area contributed by atoms with Crippen molar-refractivity contribution in [2.24, 2.45) is 0 Å². The molecule has 2 aromatic carbocycles. The van der Waals surface area contributed by atoms with Gasteiger partial charge in [0, 0.05) is 5.56 Å². The molecule has 2 N–H and O–H groups in total. The molecule has 1 aliphatic rings. The van der Waals surface area contributed by atoms with Crippen LogP contribution in [0.2, 0.25) is 0 Å². The molecule has 0 saturated heterocycles. The first-order valence-electron chi connectivity index (χ1n) is 7.06. The van der Waals surface area contributed by atoms with Gasteiger partial charge in [0.25, 0.3) is 15.9 Å². The Kier molecular flexibility index (Phi) is 4.50. The SMILES string of the molecule is O=C(NNS(=O)(=O)c1cccc(C(F)(F)F)c1)c1ccc2c(c1)OCO2. The molecular weight excluding hydrogens is 377 g/mol. The number of carbonyl (C=O) groups is 1. The van der Waals surface area contributed by atoms with Gasteiger partial charge in [-0.1, -0.05) is 6.07 Å². The van der Waals surface area contributed by atoms with Crippen LogP contribution in [0.3, 0.4) is 0 Å². The molecule has 0 fully saturated rings. The standard InChI is InChI=1S/C15H11F3N2O5S/c16-15(17,18)10-2-1-3-11(7-10)26(22,23)20-19-14(21)9-4-5-12-13(6-9)25-8-24-12/h1-7,20H,8H2,(H,19,21). The molecule has 11 heteroatoms. The molecule has 0 radical (unpaired) electrons. The molecule has 0 aromatic heterocycles. The van der Waals surface area contributed by atoms with Crippen molar-refractivity contribution >= 4 is 15.9 Å². The average Bonchev–Trinajstić information content (AvgIpc) is 3.07. The predicted molar refractivity (Wildman–Crippen MR) is 81.8 cm³/mol. The fraction of sp³-hybridized carbons (Fsp3) is 0.133. The van der Waals surface area contributed by atoms with Gasteiger partial charge in [-0.15, -0.1) is 4.83 Å². The summed E-state index contributed by atoms with van der Waals surface area (Å²) in [4.78, 5) is 13.1. The van der Waals surface area contributed by atoms with Crippen LogP contribution in [0.4, 0.5) is 13.2 Å². The van der Waals surface area contributed by atoms with Gasteiger partial charge in [0.1, 0.15) is 0 Å². The highest BCUT2D eigenvalue weighted by molar-refractivity contribution is 7.89. The molecular formula is C15H11F3N2O5S. The molecule has 0 atom stereocenters. The summed E-state index contributed by atoms with van der Waals surface area (Å²) < 4.78 is 72.5. The Bertz CT molecular complexity index is 960. The maximum atomic E-state index is 12.7. The van der Waals surface area contributed by atoms with Crippen molar-refractivity contribution in [3.8, 4) is 11.5 Å². The van der Waals surface area contributed by atoms with E-state index in [1.54, 1.807) is 4.83 Å².